The van der Waals surface area contributed by atoms with Gasteiger partial charge in [-0.2, -0.15) is 0 Å². The molecule has 0 heterocycles. The van der Waals surface area contributed by atoms with Gasteiger partial charge in [0, 0.05) is 0 Å². The van der Waals surface area contributed by atoms with E-state index in [1.165, 1.54) is 5.57 Å². The van der Waals surface area contributed by atoms with Crippen LogP contribution in [0, 0.1) is 11.8 Å². The third-order valence-electron chi connectivity index (χ3n) is 4.73. The molecule has 2 nitrogen and oxygen atoms in total. The normalized spacial score (nSPS) is 38.5. The molecular formula is C20H34O2. The van der Waals surface area contributed by atoms with E-state index in [9.17, 15) is 10.2 Å². The van der Waals surface area contributed by atoms with E-state index in [2.05, 4.69) is 39.0 Å². The second kappa shape index (κ2) is 8.69. The van der Waals surface area contributed by atoms with Gasteiger partial charge in [-0.3, -0.25) is 0 Å². The van der Waals surface area contributed by atoms with Crippen molar-refractivity contribution in [3.05, 3.63) is 35.5 Å². The lowest BCUT2D eigenvalue weighted by Gasteiger charge is -2.24. The van der Waals surface area contributed by atoms with Crippen LogP contribution in [0.15, 0.2) is 35.5 Å². The van der Waals surface area contributed by atoms with Gasteiger partial charge in [-0.1, -0.05) is 43.7 Å². The van der Waals surface area contributed by atoms with Crippen molar-refractivity contribution in [3.63, 3.8) is 0 Å². The van der Waals surface area contributed by atoms with Crippen LogP contribution < -0.4 is 0 Å². The van der Waals surface area contributed by atoms with Crippen molar-refractivity contribution in [1.29, 1.82) is 0 Å². The van der Waals surface area contributed by atoms with Crippen LogP contribution in [0.3, 0.4) is 0 Å². The van der Waals surface area contributed by atoms with Gasteiger partial charge < -0.3 is 10.2 Å². The second-order valence-corrected chi connectivity index (χ2v) is 7.45. The average Bonchev–Trinajstić information content (AvgIpc) is 2.41. The van der Waals surface area contributed by atoms with Crippen molar-refractivity contribution in [2.24, 2.45) is 11.8 Å². The fourth-order valence-corrected chi connectivity index (χ4v) is 2.81. The van der Waals surface area contributed by atoms with Crippen molar-refractivity contribution < 1.29 is 10.2 Å². The summed E-state index contributed by atoms with van der Waals surface area (Å²) in [6.45, 7) is 10.4. The molecule has 0 spiro atoms. The Hall–Kier alpha value is -0.860. The highest BCUT2D eigenvalue weighted by Gasteiger charge is 2.20. The number of hydrogen-bond acceptors (Lipinski definition) is 2. The van der Waals surface area contributed by atoms with Gasteiger partial charge in [-0.15, -0.1) is 0 Å². The molecule has 0 saturated heterocycles. The summed E-state index contributed by atoms with van der Waals surface area (Å²) in [5, 5.41) is 20.9. The summed E-state index contributed by atoms with van der Waals surface area (Å²) < 4.78 is 0. The zero-order valence-electron chi connectivity index (χ0n) is 15.0. The van der Waals surface area contributed by atoms with E-state index in [0.29, 0.717) is 5.92 Å². The fourth-order valence-electron chi connectivity index (χ4n) is 2.81. The largest absolute Gasteiger partial charge is 0.389 e. The van der Waals surface area contributed by atoms with Crippen molar-refractivity contribution in [2.45, 2.75) is 78.4 Å². The Morgan fingerprint density at radius 2 is 1.86 bits per heavy atom. The van der Waals surface area contributed by atoms with E-state index < -0.39 is 11.7 Å². The standard InChI is InChI=1S/C20H34O2/c1-15(2)18-11-13-20(5,22)12-7-9-16(3)8-6-10-17(4)19(21)14-18/h9-11,13,15,18-19,21-22H,6-8,12,14H2,1-5H3/b13-11+,16-9+,17-10+/t18-,19-,20+/m0/s1. The molecule has 0 aromatic carbocycles. The predicted molar refractivity (Wildman–Crippen MR) is 94.7 cm³/mol. The van der Waals surface area contributed by atoms with Gasteiger partial charge >= 0.3 is 0 Å². The van der Waals surface area contributed by atoms with Gasteiger partial charge in [0.1, 0.15) is 0 Å². The number of allylic oxidation sites excluding steroid dienone is 4. The van der Waals surface area contributed by atoms with Gasteiger partial charge in [0.25, 0.3) is 0 Å². The third-order valence-corrected chi connectivity index (χ3v) is 4.73. The minimum absolute atomic E-state index is 0.282. The fraction of sp³-hybridized carbons (Fsp3) is 0.700. The van der Waals surface area contributed by atoms with E-state index >= 15 is 0 Å². The molecule has 2 heteroatoms. The molecule has 0 bridgehead atoms. The Labute approximate surface area is 136 Å². The van der Waals surface area contributed by atoms with Gasteiger partial charge in [-0.05, 0) is 70.3 Å². The van der Waals surface area contributed by atoms with E-state index in [4.69, 9.17) is 0 Å². The smallest absolute Gasteiger partial charge is 0.0802 e. The quantitative estimate of drug-likeness (QED) is 0.684. The van der Waals surface area contributed by atoms with E-state index in [1.807, 2.05) is 19.9 Å². The maximum atomic E-state index is 10.5. The minimum atomic E-state index is -0.774. The summed E-state index contributed by atoms with van der Waals surface area (Å²) in [6, 6.07) is 0. The molecule has 0 aromatic heterocycles. The highest BCUT2D eigenvalue weighted by molar-refractivity contribution is 5.11. The Kier molecular flexibility index (Phi) is 7.58. The van der Waals surface area contributed by atoms with Crippen LogP contribution in [0.5, 0.6) is 0 Å². The molecule has 0 unspecified atom stereocenters. The Balaban J connectivity index is 2.98. The summed E-state index contributed by atoms with van der Waals surface area (Å²) in [5.41, 5.74) is 1.65. The van der Waals surface area contributed by atoms with Crippen LogP contribution in [0.1, 0.15) is 66.7 Å². The number of hydrogen-bond donors (Lipinski definition) is 2. The number of aliphatic hydroxyl groups excluding tert-OH is 1. The van der Waals surface area contributed by atoms with E-state index in [1.54, 1.807) is 0 Å². The van der Waals surface area contributed by atoms with Gasteiger partial charge in [-0.25, -0.2) is 0 Å². The summed E-state index contributed by atoms with van der Waals surface area (Å²) in [5.74, 6) is 0.731. The predicted octanol–water partition coefficient (Wildman–Crippen LogP) is 4.78. The van der Waals surface area contributed by atoms with Crippen LogP contribution in [0.4, 0.5) is 0 Å². The number of aliphatic hydroxyl groups is 2. The lowest BCUT2D eigenvalue weighted by atomic mass is 9.85. The first-order chi connectivity index (χ1) is 10.2. The first kappa shape index (κ1) is 19.2. The lowest BCUT2D eigenvalue weighted by molar-refractivity contribution is 0.101. The second-order valence-electron chi connectivity index (χ2n) is 7.45. The molecule has 0 radical (unpaired) electrons. The minimum Gasteiger partial charge on any atom is -0.389 e. The first-order valence-electron chi connectivity index (χ1n) is 8.63. The summed E-state index contributed by atoms with van der Waals surface area (Å²) in [7, 11) is 0. The highest BCUT2D eigenvalue weighted by Crippen LogP contribution is 2.25. The molecule has 1 aliphatic carbocycles. The monoisotopic (exact) mass is 306 g/mol. The molecule has 0 aliphatic heterocycles. The first-order valence-corrected chi connectivity index (χ1v) is 8.63. The molecular weight excluding hydrogens is 272 g/mol. The topological polar surface area (TPSA) is 40.5 Å². The van der Waals surface area contributed by atoms with Crippen molar-refractivity contribution in [3.8, 4) is 0 Å². The third kappa shape index (κ3) is 6.93. The van der Waals surface area contributed by atoms with Crippen molar-refractivity contribution >= 4 is 0 Å². The van der Waals surface area contributed by atoms with Crippen LogP contribution >= 0.6 is 0 Å². The molecule has 2 N–H and O–H groups in total. The SMILES string of the molecule is C/C1=C\CC[C@@](C)(O)/C=C/[C@H](C(C)C)C[C@H](O)/C(C)=C/CC1. The molecule has 0 saturated carbocycles. The molecule has 3 atom stereocenters. The van der Waals surface area contributed by atoms with Gasteiger partial charge in [0.2, 0.25) is 0 Å². The van der Waals surface area contributed by atoms with Crippen LogP contribution in [0.25, 0.3) is 0 Å². The van der Waals surface area contributed by atoms with Crippen LogP contribution in [-0.4, -0.2) is 21.9 Å². The Morgan fingerprint density at radius 1 is 1.18 bits per heavy atom. The molecule has 0 aromatic rings. The zero-order chi connectivity index (χ0) is 16.8. The van der Waals surface area contributed by atoms with E-state index in [0.717, 1.165) is 37.7 Å². The summed E-state index contributed by atoms with van der Waals surface area (Å²) >= 11 is 0. The van der Waals surface area contributed by atoms with Gasteiger partial charge in [0.15, 0.2) is 0 Å². The average molecular weight is 306 g/mol. The van der Waals surface area contributed by atoms with E-state index in [-0.39, 0.29) is 5.92 Å². The van der Waals surface area contributed by atoms with Crippen molar-refractivity contribution in [2.75, 3.05) is 0 Å². The molecule has 1 aliphatic rings. The highest BCUT2D eigenvalue weighted by atomic mass is 16.3. The van der Waals surface area contributed by atoms with Crippen LogP contribution in [-0.2, 0) is 0 Å². The van der Waals surface area contributed by atoms with Gasteiger partial charge in [0.05, 0.1) is 11.7 Å². The maximum Gasteiger partial charge on any atom is 0.0802 e. The maximum absolute atomic E-state index is 10.5. The molecule has 22 heavy (non-hydrogen) atoms. The van der Waals surface area contributed by atoms with Crippen molar-refractivity contribution in [1.82, 2.24) is 0 Å². The zero-order valence-corrected chi connectivity index (χ0v) is 15.0. The summed E-state index contributed by atoms with van der Waals surface area (Å²) in [6.07, 6.45) is 12.4. The summed E-state index contributed by atoms with van der Waals surface area (Å²) in [4.78, 5) is 0. The molecule has 0 amide bonds. The molecule has 1 rings (SSSR count). The Morgan fingerprint density at radius 3 is 2.50 bits per heavy atom. The van der Waals surface area contributed by atoms with Crippen LogP contribution in [0.2, 0.25) is 0 Å². The molecule has 0 fully saturated rings. The lowest BCUT2D eigenvalue weighted by Crippen LogP contribution is -2.22. The molecule has 126 valence electrons. The Bertz CT molecular complexity index is 427. The number of rotatable bonds is 1.